The van der Waals surface area contributed by atoms with Crippen molar-refractivity contribution in [2.24, 2.45) is 7.05 Å². The van der Waals surface area contributed by atoms with Gasteiger partial charge in [0.05, 0.1) is 5.69 Å². The molecule has 2 N–H and O–H groups in total. The number of aryl methyl sites for hydroxylation is 1. The molecule has 7 rings (SSSR count). The van der Waals surface area contributed by atoms with Gasteiger partial charge in [-0.25, -0.2) is 9.59 Å². The molecule has 5 heterocycles. The van der Waals surface area contributed by atoms with Gasteiger partial charge in [0.25, 0.3) is 0 Å². The molecule has 0 aliphatic carbocycles. The normalized spacial score (nSPS) is 19.5. The van der Waals surface area contributed by atoms with E-state index in [0.717, 1.165) is 66.7 Å². The van der Waals surface area contributed by atoms with Crippen LogP contribution in [0.25, 0.3) is 22.2 Å². The van der Waals surface area contributed by atoms with Gasteiger partial charge < -0.3 is 29.6 Å². The summed E-state index contributed by atoms with van der Waals surface area (Å²) in [6, 6.07) is 17.7. The van der Waals surface area contributed by atoms with Crippen LogP contribution >= 0.6 is 0 Å². The zero-order chi connectivity index (χ0) is 33.2. The number of benzene rings is 2. The van der Waals surface area contributed by atoms with Crippen molar-refractivity contribution in [1.82, 2.24) is 39.0 Å². The highest BCUT2D eigenvalue weighted by molar-refractivity contribution is 5.89. The Morgan fingerprint density at radius 3 is 2.17 bits per heavy atom. The summed E-state index contributed by atoms with van der Waals surface area (Å²) in [6.45, 7) is 6.79. The fraction of sp³-hybridized carbons (Fsp3) is 0.486. The zero-order valence-electron chi connectivity index (χ0n) is 28.2. The summed E-state index contributed by atoms with van der Waals surface area (Å²) in [7, 11) is 4.20. The van der Waals surface area contributed by atoms with Crippen LogP contribution in [0.4, 0.5) is 4.79 Å². The summed E-state index contributed by atoms with van der Waals surface area (Å²) < 4.78 is 3.86. The first-order chi connectivity index (χ1) is 23.3. The van der Waals surface area contributed by atoms with Crippen molar-refractivity contribution in [2.75, 3.05) is 59.4 Å². The lowest BCUT2D eigenvalue weighted by molar-refractivity contribution is -0.135. The van der Waals surface area contributed by atoms with Crippen molar-refractivity contribution >= 4 is 22.8 Å². The molecule has 3 saturated heterocycles. The predicted molar refractivity (Wildman–Crippen MR) is 188 cm³/mol. The molecule has 3 aliphatic rings. The van der Waals surface area contributed by atoms with E-state index in [4.69, 9.17) is 0 Å². The highest BCUT2D eigenvalue weighted by atomic mass is 16.2. The van der Waals surface area contributed by atoms with Crippen molar-refractivity contribution in [2.45, 2.75) is 50.2 Å². The number of fused-ring (bicyclic) bond motifs is 1. The summed E-state index contributed by atoms with van der Waals surface area (Å²) >= 11 is 0. The Hall–Kier alpha value is -4.35. The Bertz CT molecular complexity index is 1770. The first-order valence-electron chi connectivity index (χ1n) is 17.5. The first-order valence-corrected chi connectivity index (χ1v) is 17.5. The lowest BCUT2D eigenvalue weighted by Gasteiger charge is -2.42. The summed E-state index contributed by atoms with van der Waals surface area (Å²) in [5.41, 5.74) is 3.79. The number of nitrogens with zero attached hydrogens (tertiary/aromatic N) is 6. The molecule has 3 amide bonds. The fourth-order valence-corrected chi connectivity index (χ4v) is 7.90. The van der Waals surface area contributed by atoms with Gasteiger partial charge in [0.2, 0.25) is 5.91 Å². The van der Waals surface area contributed by atoms with E-state index < -0.39 is 6.04 Å². The lowest BCUT2D eigenvalue weighted by atomic mass is 9.99. The van der Waals surface area contributed by atoms with Crippen molar-refractivity contribution in [1.29, 1.82) is 0 Å². The molecule has 1 atom stereocenters. The average molecular weight is 653 g/mol. The van der Waals surface area contributed by atoms with Gasteiger partial charge in [-0.1, -0.05) is 48.5 Å². The van der Waals surface area contributed by atoms with Crippen molar-refractivity contribution in [3.05, 3.63) is 83.0 Å². The number of urea groups is 1. The van der Waals surface area contributed by atoms with E-state index in [1.807, 2.05) is 60.6 Å². The number of hydrogen-bond donors (Lipinski definition) is 2. The molecule has 0 spiro atoms. The Kier molecular flexibility index (Phi) is 9.41. The number of piperidine rings is 2. The summed E-state index contributed by atoms with van der Waals surface area (Å²) in [6.07, 6.45) is 7.67. The number of nitrogens with one attached hydrogen (secondary N) is 2. The molecule has 0 unspecified atom stereocenters. The molecular formula is C37H48N8O3. The van der Waals surface area contributed by atoms with Crippen LogP contribution < -0.4 is 11.0 Å². The van der Waals surface area contributed by atoms with Crippen LogP contribution in [0, 0.1) is 0 Å². The second-order valence-electron chi connectivity index (χ2n) is 13.8. The number of imidazole rings is 1. The Morgan fingerprint density at radius 2 is 1.44 bits per heavy atom. The number of carbonyl (C=O) groups excluding carboxylic acids is 2. The molecule has 2 aromatic heterocycles. The standard InChI is InChI=1S/C37H48N8O3/c1-40-20-22-42(23-21-40)29-12-16-43(17-13-29)35(46)32(24-28-25-41(2)34-11-7-6-10-31(28)34)38-36(47)44-18-14-30(15-19-44)45-26-33(39-37(45)48)27-8-4-3-5-9-27/h3-11,25-26,29-30,32H,12-24H2,1-2H3,(H,38,47)(H,39,48)/t32-/m0/s1. The summed E-state index contributed by atoms with van der Waals surface area (Å²) in [5.74, 6) is -0.00434. The molecule has 11 nitrogen and oxygen atoms in total. The molecular weight excluding hydrogens is 604 g/mol. The highest BCUT2D eigenvalue weighted by Crippen LogP contribution is 2.26. The van der Waals surface area contributed by atoms with Crippen LogP contribution in [0.1, 0.15) is 37.3 Å². The second kappa shape index (κ2) is 14.0. The minimum atomic E-state index is -0.665. The molecule has 3 aliphatic heterocycles. The third-order valence-corrected chi connectivity index (χ3v) is 10.8. The SMILES string of the molecule is CN1CCN(C2CCN(C(=O)[C@H](Cc3cn(C)c4ccccc34)NC(=O)N3CCC(n4cc(-c5ccccc5)[nH]c4=O)CC3)CC2)CC1. The number of H-pyrrole nitrogens is 1. The quantitative estimate of drug-likeness (QED) is 0.318. The molecule has 3 fully saturated rings. The van der Waals surface area contributed by atoms with Crippen LogP contribution in [-0.2, 0) is 18.3 Å². The van der Waals surface area contributed by atoms with Crippen molar-refractivity contribution in [3.8, 4) is 11.3 Å². The number of likely N-dealkylation sites (tertiary alicyclic amines) is 2. The van der Waals surface area contributed by atoms with Gasteiger partial charge in [-0.15, -0.1) is 0 Å². The molecule has 2 aromatic carbocycles. The number of rotatable bonds is 7. The molecule has 48 heavy (non-hydrogen) atoms. The predicted octanol–water partition coefficient (Wildman–Crippen LogP) is 3.53. The molecule has 0 radical (unpaired) electrons. The van der Waals surface area contributed by atoms with Crippen LogP contribution in [0.15, 0.2) is 71.8 Å². The third-order valence-electron chi connectivity index (χ3n) is 10.8. The maximum absolute atomic E-state index is 14.2. The van der Waals surface area contributed by atoms with E-state index in [9.17, 15) is 14.4 Å². The number of carbonyl (C=O) groups is 2. The molecule has 4 aromatic rings. The average Bonchev–Trinajstić information content (AvgIpc) is 3.67. The summed E-state index contributed by atoms with van der Waals surface area (Å²) in [5, 5.41) is 4.28. The number of amides is 3. The van der Waals surface area contributed by atoms with Gasteiger partial charge in [0, 0.05) is 101 Å². The van der Waals surface area contributed by atoms with Gasteiger partial charge in [0.1, 0.15) is 6.04 Å². The molecule has 254 valence electrons. The topological polar surface area (TPSA) is 102 Å². The molecule has 0 bridgehead atoms. The Morgan fingerprint density at radius 1 is 0.792 bits per heavy atom. The van der Waals surface area contributed by atoms with E-state index in [1.165, 1.54) is 0 Å². The highest BCUT2D eigenvalue weighted by Gasteiger charge is 2.34. The van der Waals surface area contributed by atoms with Gasteiger partial charge >= 0.3 is 11.7 Å². The Labute approximate surface area is 282 Å². The van der Waals surface area contributed by atoms with Crippen LogP contribution in [0.3, 0.4) is 0 Å². The van der Waals surface area contributed by atoms with E-state index in [0.29, 0.717) is 51.5 Å². The van der Waals surface area contributed by atoms with Crippen molar-refractivity contribution < 1.29 is 9.59 Å². The van der Waals surface area contributed by atoms with E-state index >= 15 is 0 Å². The van der Waals surface area contributed by atoms with Crippen LogP contribution in [0.2, 0.25) is 0 Å². The minimum Gasteiger partial charge on any atom is -0.350 e. The largest absolute Gasteiger partial charge is 0.350 e. The Balaban J connectivity index is 1.02. The van der Waals surface area contributed by atoms with E-state index in [2.05, 4.69) is 50.0 Å². The number of likely N-dealkylation sites (N-methyl/N-ethyl adjacent to an activating group) is 1. The second-order valence-corrected chi connectivity index (χ2v) is 13.8. The number of hydrogen-bond acceptors (Lipinski definition) is 5. The number of aromatic amines is 1. The monoisotopic (exact) mass is 652 g/mol. The van der Waals surface area contributed by atoms with Crippen molar-refractivity contribution in [3.63, 3.8) is 0 Å². The van der Waals surface area contributed by atoms with E-state index in [1.54, 1.807) is 9.47 Å². The number of aromatic nitrogens is 3. The third kappa shape index (κ3) is 6.79. The number of para-hydroxylation sites is 1. The maximum Gasteiger partial charge on any atom is 0.326 e. The van der Waals surface area contributed by atoms with Gasteiger partial charge in [-0.2, -0.15) is 0 Å². The van der Waals surface area contributed by atoms with Crippen LogP contribution in [-0.4, -0.2) is 117 Å². The number of piperazine rings is 1. The zero-order valence-corrected chi connectivity index (χ0v) is 28.2. The van der Waals surface area contributed by atoms with Crippen LogP contribution in [0.5, 0.6) is 0 Å². The molecule has 0 saturated carbocycles. The smallest absolute Gasteiger partial charge is 0.326 e. The molecule has 11 heteroatoms. The van der Waals surface area contributed by atoms with Gasteiger partial charge in [0.15, 0.2) is 0 Å². The van der Waals surface area contributed by atoms with E-state index in [-0.39, 0.29) is 23.7 Å². The maximum atomic E-state index is 14.2. The van der Waals surface area contributed by atoms with Gasteiger partial charge in [-0.05, 0) is 49.9 Å². The fourth-order valence-electron chi connectivity index (χ4n) is 7.90. The van der Waals surface area contributed by atoms with Gasteiger partial charge in [-0.3, -0.25) is 14.3 Å². The first kappa shape index (κ1) is 32.2. The minimum absolute atomic E-state index is 0.00434. The summed E-state index contributed by atoms with van der Waals surface area (Å²) in [4.78, 5) is 52.6. The lowest BCUT2D eigenvalue weighted by Crippen LogP contribution is -2.57.